The Morgan fingerprint density at radius 1 is 1.17 bits per heavy atom. The zero-order valence-corrected chi connectivity index (χ0v) is 13.2. The molecule has 3 atom stereocenters. The summed E-state index contributed by atoms with van der Waals surface area (Å²) in [6.07, 6.45) is 0.774. The molecule has 4 nitrogen and oxygen atoms in total. The van der Waals surface area contributed by atoms with Crippen molar-refractivity contribution in [1.29, 1.82) is 0 Å². The van der Waals surface area contributed by atoms with Gasteiger partial charge in [0.1, 0.15) is 5.75 Å². The first-order valence-corrected chi connectivity index (χ1v) is 7.99. The molecule has 0 fully saturated rings. The van der Waals surface area contributed by atoms with E-state index in [0.717, 1.165) is 23.3 Å². The number of hydrogen-bond acceptors (Lipinski definition) is 3. The molecule has 2 aromatic carbocycles. The summed E-state index contributed by atoms with van der Waals surface area (Å²) in [5.74, 6) is 0.527. The van der Waals surface area contributed by atoms with Gasteiger partial charge in [0.2, 0.25) is 5.91 Å². The molecule has 0 saturated carbocycles. The van der Waals surface area contributed by atoms with Gasteiger partial charge in [-0.15, -0.1) is 0 Å². The van der Waals surface area contributed by atoms with Gasteiger partial charge in [-0.05, 0) is 11.6 Å². The van der Waals surface area contributed by atoms with Gasteiger partial charge in [0.05, 0.1) is 18.6 Å². The molecule has 0 saturated heterocycles. The monoisotopic (exact) mass is 310 g/mol. The molecule has 120 valence electrons. The van der Waals surface area contributed by atoms with E-state index in [-0.39, 0.29) is 23.9 Å². The lowest BCUT2D eigenvalue weighted by Gasteiger charge is -2.29. The van der Waals surface area contributed by atoms with Gasteiger partial charge in [0.15, 0.2) is 0 Å². The number of hydrogen-bond donors (Lipinski definition) is 2. The highest BCUT2D eigenvalue weighted by atomic mass is 16.5. The molecular weight excluding hydrogens is 288 g/mol. The second-order valence-electron chi connectivity index (χ2n) is 5.96. The van der Waals surface area contributed by atoms with Crippen molar-refractivity contribution in [3.63, 3.8) is 0 Å². The van der Waals surface area contributed by atoms with Gasteiger partial charge < -0.3 is 15.8 Å². The normalized spacial score (nSPS) is 19.1. The van der Waals surface area contributed by atoms with Gasteiger partial charge in [0, 0.05) is 18.0 Å². The third-order valence-corrected chi connectivity index (χ3v) is 4.41. The average Bonchev–Trinajstić information content (AvgIpc) is 2.61. The fourth-order valence-electron chi connectivity index (χ4n) is 2.92. The number of ether oxygens (including phenoxy) is 1. The number of benzene rings is 2. The van der Waals surface area contributed by atoms with Crippen molar-refractivity contribution in [2.24, 2.45) is 11.7 Å². The molecule has 2 aromatic rings. The maximum Gasteiger partial charge on any atom is 0.225 e. The van der Waals surface area contributed by atoms with Crippen LogP contribution in [0.15, 0.2) is 54.6 Å². The van der Waals surface area contributed by atoms with Gasteiger partial charge in [-0.1, -0.05) is 55.5 Å². The summed E-state index contributed by atoms with van der Waals surface area (Å²) in [7, 11) is 0. The van der Waals surface area contributed by atoms with Crippen LogP contribution < -0.4 is 15.8 Å². The summed E-state index contributed by atoms with van der Waals surface area (Å²) in [6, 6.07) is 17.3. The Balaban J connectivity index is 1.70. The van der Waals surface area contributed by atoms with Crippen molar-refractivity contribution in [1.82, 2.24) is 5.32 Å². The van der Waals surface area contributed by atoms with Crippen molar-refractivity contribution in [3.8, 4) is 5.75 Å². The van der Waals surface area contributed by atoms with Crippen LogP contribution in [-0.4, -0.2) is 12.5 Å². The highest BCUT2D eigenvalue weighted by molar-refractivity contribution is 5.80. The number of para-hydroxylation sites is 1. The van der Waals surface area contributed by atoms with Crippen molar-refractivity contribution >= 4 is 5.91 Å². The molecule has 3 rings (SSSR count). The zero-order valence-electron chi connectivity index (χ0n) is 13.2. The quantitative estimate of drug-likeness (QED) is 0.912. The maximum absolute atomic E-state index is 12.6. The number of nitrogens with one attached hydrogen (secondary N) is 1. The van der Waals surface area contributed by atoms with Crippen LogP contribution in [0, 0.1) is 5.92 Å². The molecule has 0 radical (unpaired) electrons. The third-order valence-electron chi connectivity index (χ3n) is 4.41. The Kier molecular flexibility index (Phi) is 4.63. The Hall–Kier alpha value is -2.33. The van der Waals surface area contributed by atoms with E-state index >= 15 is 0 Å². The Morgan fingerprint density at radius 2 is 1.87 bits per heavy atom. The molecule has 0 aliphatic carbocycles. The minimum absolute atomic E-state index is 0.0159. The zero-order chi connectivity index (χ0) is 16.2. The number of carbonyl (C=O) groups excluding carboxylic acids is 1. The fraction of sp³-hybridized carbons (Fsp3) is 0.316. The highest BCUT2D eigenvalue weighted by Crippen LogP contribution is 2.32. The van der Waals surface area contributed by atoms with Crippen LogP contribution in [-0.2, 0) is 4.79 Å². The summed E-state index contributed by atoms with van der Waals surface area (Å²) in [4.78, 5) is 12.6. The maximum atomic E-state index is 12.6. The molecule has 0 bridgehead atoms. The van der Waals surface area contributed by atoms with E-state index in [4.69, 9.17) is 10.5 Å². The summed E-state index contributed by atoms with van der Waals surface area (Å²) >= 11 is 0. The van der Waals surface area contributed by atoms with E-state index in [1.165, 1.54) is 0 Å². The van der Waals surface area contributed by atoms with Gasteiger partial charge in [-0.25, -0.2) is 0 Å². The summed E-state index contributed by atoms with van der Waals surface area (Å²) in [6.45, 7) is 2.49. The molecule has 1 amide bonds. The van der Waals surface area contributed by atoms with Gasteiger partial charge >= 0.3 is 0 Å². The predicted octanol–water partition coefficient (Wildman–Crippen LogP) is 2.96. The smallest absolute Gasteiger partial charge is 0.225 e. The first-order chi connectivity index (χ1) is 11.2. The van der Waals surface area contributed by atoms with E-state index in [0.29, 0.717) is 6.61 Å². The fourth-order valence-corrected chi connectivity index (χ4v) is 2.92. The van der Waals surface area contributed by atoms with E-state index in [1.807, 2.05) is 61.5 Å². The van der Waals surface area contributed by atoms with Crippen molar-refractivity contribution in [2.45, 2.75) is 25.4 Å². The SMILES string of the molecule is CC(C(=O)NC1CCOc2ccccc21)C(N)c1ccccc1. The third kappa shape index (κ3) is 3.37. The molecule has 1 heterocycles. The van der Waals surface area contributed by atoms with Crippen LogP contribution in [0.25, 0.3) is 0 Å². The van der Waals surface area contributed by atoms with E-state index in [9.17, 15) is 4.79 Å². The number of carbonyl (C=O) groups is 1. The Bertz CT molecular complexity index is 672. The average molecular weight is 310 g/mol. The Labute approximate surface area is 136 Å². The molecule has 23 heavy (non-hydrogen) atoms. The second-order valence-corrected chi connectivity index (χ2v) is 5.96. The number of amides is 1. The number of rotatable bonds is 4. The molecule has 4 heteroatoms. The lowest BCUT2D eigenvalue weighted by Crippen LogP contribution is -2.39. The first-order valence-electron chi connectivity index (χ1n) is 7.99. The lowest BCUT2D eigenvalue weighted by molar-refractivity contribution is -0.126. The largest absolute Gasteiger partial charge is 0.493 e. The molecule has 3 unspecified atom stereocenters. The lowest BCUT2D eigenvalue weighted by atomic mass is 9.93. The molecular formula is C19H22N2O2. The minimum Gasteiger partial charge on any atom is -0.493 e. The van der Waals surface area contributed by atoms with Crippen LogP contribution in [0.4, 0.5) is 0 Å². The predicted molar refractivity (Wildman–Crippen MR) is 90.0 cm³/mol. The van der Waals surface area contributed by atoms with Crippen LogP contribution in [0.3, 0.4) is 0 Å². The van der Waals surface area contributed by atoms with E-state index in [1.54, 1.807) is 0 Å². The van der Waals surface area contributed by atoms with Crippen molar-refractivity contribution < 1.29 is 9.53 Å². The molecule has 0 aromatic heterocycles. The minimum atomic E-state index is -0.314. The molecule has 0 spiro atoms. The van der Waals surface area contributed by atoms with Gasteiger partial charge in [-0.2, -0.15) is 0 Å². The summed E-state index contributed by atoms with van der Waals surface area (Å²) in [5, 5.41) is 3.13. The summed E-state index contributed by atoms with van der Waals surface area (Å²) in [5.41, 5.74) is 8.26. The topological polar surface area (TPSA) is 64.3 Å². The number of fused-ring (bicyclic) bond motifs is 1. The number of nitrogens with two attached hydrogens (primary N) is 1. The highest BCUT2D eigenvalue weighted by Gasteiger charge is 2.27. The standard InChI is InChI=1S/C19H22N2O2/c1-13(18(20)14-7-3-2-4-8-14)19(22)21-16-11-12-23-17-10-6-5-9-15(16)17/h2-10,13,16,18H,11-12,20H2,1H3,(H,21,22). The van der Waals surface area contributed by atoms with Crippen LogP contribution in [0.5, 0.6) is 5.75 Å². The van der Waals surface area contributed by atoms with Crippen LogP contribution in [0.1, 0.15) is 36.6 Å². The molecule has 1 aliphatic heterocycles. The van der Waals surface area contributed by atoms with E-state index in [2.05, 4.69) is 5.32 Å². The molecule has 3 N–H and O–H groups in total. The van der Waals surface area contributed by atoms with Crippen molar-refractivity contribution in [3.05, 3.63) is 65.7 Å². The van der Waals surface area contributed by atoms with Gasteiger partial charge in [-0.3, -0.25) is 4.79 Å². The van der Waals surface area contributed by atoms with Gasteiger partial charge in [0.25, 0.3) is 0 Å². The van der Waals surface area contributed by atoms with Crippen LogP contribution in [0.2, 0.25) is 0 Å². The molecule has 1 aliphatic rings. The Morgan fingerprint density at radius 3 is 2.65 bits per heavy atom. The first kappa shape index (κ1) is 15.6. The second kappa shape index (κ2) is 6.84. The van der Waals surface area contributed by atoms with E-state index < -0.39 is 0 Å². The van der Waals surface area contributed by atoms with Crippen LogP contribution >= 0.6 is 0 Å². The van der Waals surface area contributed by atoms with Crippen molar-refractivity contribution in [2.75, 3.05) is 6.61 Å². The summed E-state index contributed by atoms with van der Waals surface area (Å²) < 4.78 is 5.64.